The van der Waals surface area contributed by atoms with E-state index in [0.717, 1.165) is 18.6 Å². The highest BCUT2D eigenvalue weighted by Crippen LogP contribution is 2.32. The van der Waals surface area contributed by atoms with Crippen LogP contribution in [0, 0.1) is 0 Å². The van der Waals surface area contributed by atoms with E-state index < -0.39 is 11.7 Å². The molecule has 0 bridgehead atoms. The lowest BCUT2D eigenvalue weighted by Crippen LogP contribution is -2.04. The normalized spacial score (nSPS) is 11.3. The lowest BCUT2D eigenvalue weighted by atomic mass is 10.0. The number of alkyl halides is 3. The molecule has 0 amide bonds. The molecule has 0 radical (unpaired) electrons. The second-order valence-electron chi connectivity index (χ2n) is 4.79. The summed E-state index contributed by atoms with van der Waals surface area (Å²) in [7, 11) is 0. The monoisotopic (exact) mass is 308 g/mol. The third-order valence-electron chi connectivity index (χ3n) is 3.15. The Morgan fingerprint density at radius 1 is 1.05 bits per heavy atom. The van der Waals surface area contributed by atoms with Gasteiger partial charge in [-0.1, -0.05) is 25.1 Å². The molecule has 0 aliphatic carbocycles. The van der Waals surface area contributed by atoms with Crippen molar-refractivity contribution in [3.63, 3.8) is 0 Å². The second kappa shape index (κ2) is 6.64. The van der Waals surface area contributed by atoms with Crippen molar-refractivity contribution in [1.29, 1.82) is 0 Å². The molecule has 2 rings (SSSR count). The minimum atomic E-state index is -4.35. The lowest BCUT2D eigenvalue weighted by molar-refractivity contribution is -0.137. The third kappa shape index (κ3) is 3.67. The van der Waals surface area contributed by atoms with Crippen molar-refractivity contribution < 1.29 is 22.7 Å². The first-order valence-electron chi connectivity index (χ1n) is 6.85. The van der Waals surface area contributed by atoms with Crippen LogP contribution < -0.4 is 4.74 Å². The highest BCUT2D eigenvalue weighted by atomic mass is 19.4. The van der Waals surface area contributed by atoms with Crippen molar-refractivity contribution in [3.05, 3.63) is 53.6 Å². The van der Waals surface area contributed by atoms with E-state index in [9.17, 15) is 18.0 Å². The Kier molecular flexibility index (Phi) is 4.85. The Morgan fingerprint density at radius 2 is 1.68 bits per heavy atom. The van der Waals surface area contributed by atoms with Gasteiger partial charge < -0.3 is 4.74 Å². The van der Waals surface area contributed by atoms with Crippen LogP contribution in [0.2, 0.25) is 0 Å². The van der Waals surface area contributed by atoms with Crippen molar-refractivity contribution in [2.75, 3.05) is 6.61 Å². The number of benzene rings is 2. The number of rotatable bonds is 5. The van der Waals surface area contributed by atoms with Gasteiger partial charge in [-0.25, -0.2) is 0 Å². The number of ether oxygens (including phenoxy) is 1. The number of carbonyl (C=O) groups is 1. The summed E-state index contributed by atoms with van der Waals surface area (Å²) in [5.74, 6) is 0.439. The van der Waals surface area contributed by atoms with E-state index in [2.05, 4.69) is 0 Å². The lowest BCUT2D eigenvalue weighted by Gasteiger charge is -2.11. The van der Waals surface area contributed by atoms with E-state index >= 15 is 0 Å². The minimum Gasteiger partial charge on any atom is -0.493 e. The van der Waals surface area contributed by atoms with Gasteiger partial charge in [0.15, 0.2) is 6.29 Å². The van der Waals surface area contributed by atoms with Gasteiger partial charge in [0.1, 0.15) is 5.75 Å². The van der Waals surface area contributed by atoms with Gasteiger partial charge in [-0.2, -0.15) is 13.2 Å². The Hall–Kier alpha value is -2.30. The Balaban J connectivity index is 2.34. The summed E-state index contributed by atoms with van der Waals surface area (Å²) in [6.45, 7) is 2.41. The molecule has 0 heterocycles. The quantitative estimate of drug-likeness (QED) is 0.729. The fraction of sp³-hybridized carbons (Fsp3) is 0.235. The largest absolute Gasteiger partial charge is 0.493 e. The second-order valence-corrected chi connectivity index (χ2v) is 4.79. The number of aldehydes is 1. The van der Waals surface area contributed by atoms with Crippen LogP contribution in [0.3, 0.4) is 0 Å². The van der Waals surface area contributed by atoms with Crippen LogP contribution >= 0.6 is 0 Å². The molecule has 0 aliphatic rings. The molecule has 2 aromatic rings. The van der Waals surface area contributed by atoms with Crippen LogP contribution in [-0.4, -0.2) is 12.9 Å². The van der Waals surface area contributed by atoms with Gasteiger partial charge >= 0.3 is 6.18 Å². The van der Waals surface area contributed by atoms with Crippen molar-refractivity contribution >= 4 is 6.29 Å². The standard InChI is InChI=1S/C17H15F3O2/c1-2-9-22-16-10-13(3-4-14(16)11-21)12-5-7-15(8-6-12)17(18,19)20/h3-8,10-11H,2,9H2,1H3. The molecule has 5 heteroatoms. The Labute approximate surface area is 126 Å². The summed E-state index contributed by atoms with van der Waals surface area (Å²) in [5.41, 5.74) is 1.06. The molecule has 0 spiro atoms. The fourth-order valence-corrected chi connectivity index (χ4v) is 2.00. The van der Waals surface area contributed by atoms with Gasteiger partial charge in [-0.3, -0.25) is 4.79 Å². The molecule has 0 saturated carbocycles. The third-order valence-corrected chi connectivity index (χ3v) is 3.15. The topological polar surface area (TPSA) is 26.3 Å². The molecular formula is C17H15F3O2. The average molecular weight is 308 g/mol. The van der Waals surface area contributed by atoms with Crippen LogP contribution in [0.1, 0.15) is 29.3 Å². The van der Waals surface area contributed by atoms with Crippen LogP contribution in [0.5, 0.6) is 5.75 Å². The predicted octanol–water partition coefficient (Wildman–Crippen LogP) is 4.97. The van der Waals surface area contributed by atoms with Crippen molar-refractivity contribution in [3.8, 4) is 16.9 Å². The molecular weight excluding hydrogens is 293 g/mol. The van der Waals surface area contributed by atoms with Crippen LogP contribution in [0.4, 0.5) is 13.2 Å². The van der Waals surface area contributed by atoms with Crippen molar-refractivity contribution in [2.45, 2.75) is 19.5 Å². The molecule has 2 nitrogen and oxygen atoms in total. The van der Waals surface area contributed by atoms with Gasteiger partial charge in [-0.15, -0.1) is 0 Å². The average Bonchev–Trinajstić information content (AvgIpc) is 2.52. The summed E-state index contributed by atoms with van der Waals surface area (Å²) >= 11 is 0. The van der Waals surface area contributed by atoms with Crippen molar-refractivity contribution in [2.24, 2.45) is 0 Å². The first kappa shape index (κ1) is 16.1. The summed E-state index contributed by atoms with van der Waals surface area (Å²) in [6.07, 6.45) is -2.86. The summed E-state index contributed by atoms with van der Waals surface area (Å²) in [4.78, 5) is 11.0. The zero-order valence-electron chi connectivity index (χ0n) is 12.0. The van der Waals surface area contributed by atoms with Crippen molar-refractivity contribution in [1.82, 2.24) is 0 Å². The highest BCUT2D eigenvalue weighted by molar-refractivity contribution is 5.81. The summed E-state index contributed by atoms with van der Waals surface area (Å²) < 4.78 is 43.2. The molecule has 0 aliphatic heterocycles. The van der Waals surface area contributed by atoms with E-state index in [-0.39, 0.29) is 0 Å². The predicted molar refractivity (Wildman–Crippen MR) is 78.1 cm³/mol. The smallest absolute Gasteiger partial charge is 0.416 e. The van der Waals surface area contributed by atoms with Crippen LogP contribution in [-0.2, 0) is 6.18 Å². The Bertz CT molecular complexity index is 646. The van der Waals surface area contributed by atoms with E-state index in [1.807, 2.05) is 6.92 Å². The first-order valence-corrected chi connectivity index (χ1v) is 6.85. The molecule has 0 aromatic heterocycles. The van der Waals surface area contributed by atoms with Gasteiger partial charge in [0.25, 0.3) is 0 Å². The highest BCUT2D eigenvalue weighted by Gasteiger charge is 2.29. The molecule has 0 unspecified atom stereocenters. The maximum absolute atomic E-state index is 12.6. The van der Waals surface area contributed by atoms with Crippen LogP contribution in [0.25, 0.3) is 11.1 Å². The Morgan fingerprint density at radius 3 is 2.23 bits per heavy atom. The van der Waals surface area contributed by atoms with E-state index in [0.29, 0.717) is 35.3 Å². The SMILES string of the molecule is CCCOc1cc(-c2ccc(C(F)(F)F)cc2)ccc1C=O. The molecule has 0 N–H and O–H groups in total. The fourth-order valence-electron chi connectivity index (χ4n) is 2.00. The zero-order valence-corrected chi connectivity index (χ0v) is 12.0. The molecule has 0 fully saturated rings. The maximum Gasteiger partial charge on any atom is 0.416 e. The van der Waals surface area contributed by atoms with Gasteiger partial charge in [-0.05, 0) is 41.8 Å². The molecule has 116 valence electrons. The molecule has 22 heavy (non-hydrogen) atoms. The van der Waals surface area contributed by atoms with Gasteiger partial charge in [0, 0.05) is 0 Å². The van der Waals surface area contributed by atoms with Gasteiger partial charge in [0.05, 0.1) is 17.7 Å². The first-order chi connectivity index (χ1) is 10.5. The maximum atomic E-state index is 12.6. The minimum absolute atomic E-state index is 0.420. The van der Waals surface area contributed by atoms with E-state index in [1.54, 1.807) is 18.2 Å². The summed E-state index contributed by atoms with van der Waals surface area (Å²) in [5, 5.41) is 0. The molecule has 2 aromatic carbocycles. The number of hydrogen-bond acceptors (Lipinski definition) is 2. The van der Waals surface area contributed by atoms with E-state index in [4.69, 9.17) is 4.74 Å². The van der Waals surface area contributed by atoms with Gasteiger partial charge in [0.2, 0.25) is 0 Å². The van der Waals surface area contributed by atoms with Crippen LogP contribution in [0.15, 0.2) is 42.5 Å². The molecule has 0 saturated heterocycles. The number of halogens is 3. The number of carbonyl (C=O) groups excluding carboxylic acids is 1. The number of hydrogen-bond donors (Lipinski definition) is 0. The zero-order chi connectivity index (χ0) is 16.2. The summed E-state index contributed by atoms with van der Waals surface area (Å²) in [6, 6.07) is 9.84. The van der Waals surface area contributed by atoms with E-state index in [1.165, 1.54) is 12.1 Å². The molecule has 0 atom stereocenters.